The molecule has 2 heteroatoms. The molecule has 0 fully saturated rings. The Labute approximate surface area is 74.6 Å². The van der Waals surface area contributed by atoms with E-state index in [1.807, 2.05) is 18.2 Å². The van der Waals surface area contributed by atoms with Gasteiger partial charge in [0.2, 0.25) is 0 Å². The molecule has 0 atom stereocenters. The minimum absolute atomic E-state index is 0.383. The van der Waals surface area contributed by atoms with Gasteiger partial charge in [-0.1, -0.05) is 0 Å². The third kappa shape index (κ3) is 3.48. The van der Waals surface area contributed by atoms with Gasteiger partial charge in [-0.25, -0.2) is 0 Å². The van der Waals surface area contributed by atoms with Gasteiger partial charge in [0.25, 0.3) is 0 Å². The summed E-state index contributed by atoms with van der Waals surface area (Å²) in [6.45, 7) is 0. The van der Waals surface area contributed by atoms with Crippen molar-refractivity contribution in [3.8, 4) is 0 Å². The summed E-state index contributed by atoms with van der Waals surface area (Å²) in [5.74, 6) is 0. The first-order valence-corrected chi connectivity index (χ1v) is 4.18. The summed E-state index contributed by atoms with van der Waals surface area (Å²) in [6, 6.07) is 10.1. The Morgan fingerprint density at radius 2 is 1.91 bits per heavy atom. The van der Waals surface area contributed by atoms with Crippen LogP contribution >= 0.6 is 0 Å². The number of hydrogen-bond acceptors (Lipinski definition) is 1. The second-order valence-corrected chi connectivity index (χ2v) is 3.12. The Kier molecular flexibility index (Phi) is 3.52. The van der Waals surface area contributed by atoms with Crippen LogP contribution in [0.15, 0.2) is 30.3 Å². The third-order valence-electron chi connectivity index (χ3n) is 1.47. The first-order chi connectivity index (χ1) is 5.29. The van der Waals surface area contributed by atoms with Crippen molar-refractivity contribution in [3.63, 3.8) is 0 Å². The summed E-state index contributed by atoms with van der Waals surface area (Å²) >= 11 is 2.58. The number of rotatable bonds is 3. The SMILES string of the molecule is O[C](=[Cr])CCc1ccccc1. The number of hydrogen-bond donors (Lipinski definition) is 1. The predicted octanol–water partition coefficient (Wildman–Crippen LogP) is 1.67. The van der Waals surface area contributed by atoms with E-state index < -0.39 is 0 Å². The molecular weight excluding hydrogens is 176 g/mol. The second-order valence-electron chi connectivity index (χ2n) is 2.38. The van der Waals surface area contributed by atoms with E-state index >= 15 is 0 Å². The van der Waals surface area contributed by atoms with Gasteiger partial charge in [-0.05, 0) is 0 Å². The first kappa shape index (κ1) is 8.68. The summed E-state index contributed by atoms with van der Waals surface area (Å²) in [5.41, 5.74) is 1.26. The molecule has 0 aromatic heterocycles. The Morgan fingerprint density at radius 3 is 2.45 bits per heavy atom. The van der Waals surface area contributed by atoms with Crippen LogP contribution in [0.1, 0.15) is 12.0 Å². The van der Waals surface area contributed by atoms with Crippen LogP contribution in [0.25, 0.3) is 0 Å². The molecule has 58 valence electrons. The average Bonchev–Trinajstić information content (AvgIpc) is 2.03. The Morgan fingerprint density at radius 1 is 1.27 bits per heavy atom. The predicted molar refractivity (Wildman–Crippen MR) is 41.7 cm³/mol. The average molecular weight is 186 g/mol. The summed E-state index contributed by atoms with van der Waals surface area (Å²) < 4.78 is 0.383. The van der Waals surface area contributed by atoms with Crippen LogP contribution in [-0.2, 0) is 22.3 Å². The quantitative estimate of drug-likeness (QED) is 0.761. The molecule has 0 saturated heterocycles. The maximum atomic E-state index is 8.87. The Hall–Kier alpha value is -0.418. The summed E-state index contributed by atoms with van der Waals surface area (Å²) in [6.07, 6.45) is 1.61. The van der Waals surface area contributed by atoms with Gasteiger partial charge in [0, 0.05) is 0 Å². The van der Waals surface area contributed by atoms with E-state index in [-0.39, 0.29) is 0 Å². The van der Waals surface area contributed by atoms with Crippen molar-refractivity contribution in [1.82, 2.24) is 0 Å². The van der Waals surface area contributed by atoms with E-state index in [0.717, 1.165) is 6.42 Å². The monoisotopic (exact) mass is 186 g/mol. The molecule has 1 rings (SSSR count). The number of aryl methyl sites for hydroxylation is 1. The molecule has 0 aliphatic carbocycles. The zero-order chi connectivity index (χ0) is 8.10. The van der Waals surface area contributed by atoms with Crippen molar-refractivity contribution in [1.29, 1.82) is 0 Å². The van der Waals surface area contributed by atoms with Gasteiger partial charge >= 0.3 is 74.3 Å². The van der Waals surface area contributed by atoms with Gasteiger partial charge in [-0.15, -0.1) is 0 Å². The zero-order valence-electron chi connectivity index (χ0n) is 6.16. The molecule has 1 aromatic carbocycles. The van der Waals surface area contributed by atoms with Crippen LogP contribution in [0.5, 0.6) is 0 Å². The fourth-order valence-electron chi connectivity index (χ4n) is 0.896. The summed E-state index contributed by atoms with van der Waals surface area (Å²) in [4.78, 5) is 0. The van der Waals surface area contributed by atoms with Gasteiger partial charge in [0.05, 0.1) is 0 Å². The molecule has 0 saturated carbocycles. The molecular formula is C9H10CrO. The summed E-state index contributed by atoms with van der Waals surface area (Å²) in [7, 11) is 0. The van der Waals surface area contributed by atoms with Crippen LogP contribution in [0.4, 0.5) is 0 Å². The van der Waals surface area contributed by atoms with Gasteiger partial charge in [0.1, 0.15) is 0 Å². The van der Waals surface area contributed by atoms with Gasteiger partial charge in [-0.2, -0.15) is 0 Å². The van der Waals surface area contributed by atoms with Crippen LogP contribution < -0.4 is 0 Å². The van der Waals surface area contributed by atoms with Crippen molar-refractivity contribution in [2.45, 2.75) is 12.8 Å². The second kappa shape index (κ2) is 4.46. The van der Waals surface area contributed by atoms with Crippen LogP contribution in [-0.4, -0.2) is 9.67 Å². The molecule has 0 amide bonds. The van der Waals surface area contributed by atoms with Crippen molar-refractivity contribution >= 4 is 4.57 Å². The van der Waals surface area contributed by atoms with E-state index in [9.17, 15) is 0 Å². The first-order valence-electron chi connectivity index (χ1n) is 3.55. The molecule has 0 heterocycles. The molecule has 0 bridgehead atoms. The molecule has 11 heavy (non-hydrogen) atoms. The number of aliphatic hydroxyl groups excluding tert-OH is 1. The van der Waals surface area contributed by atoms with E-state index in [1.54, 1.807) is 0 Å². The van der Waals surface area contributed by atoms with Crippen molar-refractivity contribution < 1.29 is 21.0 Å². The van der Waals surface area contributed by atoms with Gasteiger partial charge < -0.3 is 0 Å². The van der Waals surface area contributed by atoms with E-state index in [4.69, 9.17) is 5.11 Å². The molecule has 1 nitrogen and oxygen atoms in total. The molecule has 0 aliphatic rings. The molecule has 0 unspecified atom stereocenters. The number of aliphatic hydroxyl groups is 1. The molecule has 0 aliphatic heterocycles. The van der Waals surface area contributed by atoms with Gasteiger partial charge in [-0.3, -0.25) is 0 Å². The Bertz CT molecular complexity index is 231. The topological polar surface area (TPSA) is 20.2 Å². The van der Waals surface area contributed by atoms with Crippen LogP contribution in [0.3, 0.4) is 0 Å². The van der Waals surface area contributed by atoms with E-state index in [0.29, 0.717) is 11.0 Å². The van der Waals surface area contributed by atoms with E-state index in [2.05, 4.69) is 28.0 Å². The molecule has 0 spiro atoms. The fraction of sp³-hybridized carbons (Fsp3) is 0.222. The van der Waals surface area contributed by atoms with Crippen LogP contribution in [0.2, 0.25) is 0 Å². The molecule has 1 aromatic rings. The Balaban J connectivity index is 2.45. The van der Waals surface area contributed by atoms with Crippen molar-refractivity contribution in [3.05, 3.63) is 35.9 Å². The van der Waals surface area contributed by atoms with Crippen molar-refractivity contribution in [2.75, 3.05) is 0 Å². The third-order valence-corrected chi connectivity index (χ3v) is 1.79. The van der Waals surface area contributed by atoms with Crippen LogP contribution in [0, 0.1) is 0 Å². The maximum absolute atomic E-state index is 8.87. The fourth-order valence-corrected chi connectivity index (χ4v) is 1.06. The number of benzene rings is 1. The zero-order valence-corrected chi connectivity index (χ0v) is 7.43. The normalized spacial score (nSPS) is 9.55. The van der Waals surface area contributed by atoms with Crippen molar-refractivity contribution in [2.24, 2.45) is 0 Å². The minimum atomic E-state index is 0.383. The van der Waals surface area contributed by atoms with E-state index in [1.165, 1.54) is 5.56 Å². The van der Waals surface area contributed by atoms with Gasteiger partial charge in [0.15, 0.2) is 0 Å². The standard InChI is InChI=1S/C9H10O.Cr/c10-8-4-7-9-5-2-1-3-6-9;/h1-3,5-6,10H,4,7H2;. The summed E-state index contributed by atoms with van der Waals surface area (Å²) in [5, 5.41) is 8.87. The molecule has 0 radical (unpaired) electrons. The molecule has 1 N–H and O–H groups in total.